The summed E-state index contributed by atoms with van der Waals surface area (Å²) >= 11 is 0. The number of aliphatic imine (C=N–C) groups is 1. The fraction of sp³-hybridized carbons (Fsp3) is 0.714. The van der Waals surface area contributed by atoms with E-state index >= 15 is 0 Å². The average Bonchev–Trinajstić information content (AvgIpc) is 2.06. The molecule has 1 amide bonds. The lowest BCUT2D eigenvalue weighted by molar-refractivity contribution is 0.176. The molecule has 1 N–H and O–H groups in total. The Kier molecular flexibility index (Phi) is 2.89. The van der Waals surface area contributed by atoms with Gasteiger partial charge < -0.3 is 4.74 Å². The topological polar surface area (TPSA) is 50.7 Å². The summed E-state index contributed by atoms with van der Waals surface area (Å²) in [4.78, 5) is 14.8. The fourth-order valence-electron chi connectivity index (χ4n) is 0.968. The second kappa shape index (κ2) is 3.95. The molecule has 11 heavy (non-hydrogen) atoms. The van der Waals surface area contributed by atoms with E-state index in [4.69, 9.17) is 0 Å². The molecule has 4 heteroatoms. The monoisotopic (exact) mass is 156 g/mol. The van der Waals surface area contributed by atoms with Crippen molar-refractivity contribution in [2.45, 2.75) is 19.3 Å². The van der Waals surface area contributed by atoms with E-state index in [1.807, 2.05) is 0 Å². The highest BCUT2D eigenvalue weighted by Gasteiger charge is 2.07. The van der Waals surface area contributed by atoms with Crippen LogP contribution < -0.4 is 5.32 Å². The molecule has 0 aromatic rings. The van der Waals surface area contributed by atoms with Gasteiger partial charge in [-0.2, -0.15) is 0 Å². The maximum Gasteiger partial charge on any atom is 0.412 e. The van der Waals surface area contributed by atoms with Crippen molar-refractivity contribution in [3.05, 3.63) is 0 Å². The molecule has 0 saturated carbocycles. The van der Waals surface area contributed by atoms with Crippen LogP contribution in [0.2, 0.25) is 0 Å². The van der Waals surface area contributed by atoms with Crippen LogP contribution in [0.1, 0.15) is 19.3 Å². The molecule has 0 spiro atoms. The van der Waals surface area contributed by atoms with Gasteiger partial charge in [0.15, 0.2) is 0 Å². The number of carbonyl (C=O) groups is 1. The van der Waals surface area contributed by atoms with Crippen LogP contribution in [-0.2, 0) is 4.74 Å². The van der Waals surface area contributed by atoms with Gasteiger partial charge in [0.1, 0.15) is 5.84 Å². The predicted molar refractivity (Wildman–Crippen MR) is 41.7 cm³/mol. The van der Waals surface area contributed by atoms with Gasteiger partial charge in [-0.25, -0.2) is 4.79 Å². The average molecular weight is 156 g/mol. The van der Waals surface area contributed by atoms with Crippen LogP contribution in [-0.4, -0.2) is 25.6 Å². The van der Waals surface area contributed by atoms with Crippen molar-refractivity contribution in [2.24, 2.45) is 4.99 Å². The smallest absolute Gasteiger partial charge is 0.412 e. The Morgan fingerprint density at radius 1 is 1.64 bits per heavy atom. The maximum absolute atomic E-state index is 10.7. The lowest BCUT2D eigenvalue weighted by Crippen LogP contribution is -2.31. The highest BCUT2D eigenvalue weighted by atomic mass is 16.5. The molecule has 0 unspecified atom stereocenters. The SMILES string of the molecule is COC(=O)NC1=NCCCC1. The maximum atomic E-state index is 10.7. The van der Waals surface area contributed by atoms with E-state index in [-0.39, 0.29) is 0 Å². The zero-order chi connectivity index (χ0) is 8.10. The van der Waals surface area contributed by atoms with E-state index in [2.05, 4.69) is 15.0 Å². The third-order valence-corrected chi connectivity index (χ3v) is 1.56. The molecule has 1 aliphatic rings. The van der Waals surface area contributed by atoms with Crippen LogP contribution in [0.25, 0.3) is 0 Å². The number of rotatable bonds is 0. The van der Waals surface area contributed by atoms with Crippen LogP contribution in [0, 0.1) is 0 Å². The van der Waals surface area contributed by atoms with Crippen LogP contribution in [0.15, 0.2) is 4.99 Å². The number of ether oxygens (including phenoxy) is 1. The molecule has 0 atom stereocenters. The minimum Gasteiger partial charge on any atom is -0.453 e. The third kappa shape index (κ3) is 2.57. The molecular formula is C7H12N2O2. The number of nitrogens with zero attached hydrogens (tertiary/aromatic N) is 1. The normalized spacial score (nSPS) is 17.0. The lowest BCUT2D eigenvalue weighted by atomic mass is 10.2. The summed E-state index contributed by atoms with van der Waals surface area (Å²) in [7, 11) is 1.35. The molecule has 4 nitrogen and oxygen atoms in total. The van der Waals surface area contributed by atoms with Crippen LogP contribution in [0.3, 0.4) is 0 Å². The number of alkyl carbamates (subject to hydrolysis) is 1. The van der Waals surface area contributed by atoms with Gasteiger partial charge in [-0.15, -0.1) is 0 Å². The minimum absolute atomic E-state index is 0.425. The summed E-state index contributed by atoms with van der Waals surface area (Å²) in [5.41, 5.74) is 0. The summed E-state index contributed by atoms with van der Waals surface area (Å²) in [5, 5.41) is 2.56. The van der Waals surface area contributed by atoms with Crippen LogP contribution in [0.4, 0.5) is 4.79 Å². The first kappa shape index (κ1) is 8.04. The largest absolute Gasteiger partial charge is 0.453 e. The van der Waals surface area contributed by atoms with Crippen molar-refractivity contribution in [2.75, 3.05) is 13.7 Å². The van der Waals surface area contributed by atoms with Gasteiger partial charge in [0.25, 0.3) is 0 Å². The molecule has 0 aromatic heterocycles. The van der Waals surface area contributed by atoms with Crippen molar-refractivity contribution < 1.29 is 9.53 Å². The van der Waals surface area contributed by atoms with Gasteiger partial charge in [-0.1, -0.05) is 0 Å². The molecule has 0 aliphatic carbocycles. The van der Waals surface area contributed by atoms with E-state index in [0.29, 0.717) is 0 Å². The third-order valence-electron chi connectivity index (χ3n) is 1.56. The van der Waals surface area contributed by atoms with E-state index in [1.165, 1.54) is 7.11 Å². The molecule has 1 aliphatic heterocycles. The summed E-state index contributed by atoms with van der Waals surface area (Å²) < 4.78 is 4.42. The first-order valence-electron chi connectivity index (χ1n) is 3.71. The summed E-state index contributed by atoms with van der Waals surface area (Å²) in [5.74, 6) is 0.753. The first-order chi connectivity index (χ1) is 5.33. The van der Waals surface area contributed by atoms with Crippen molar-refractivity contribution in [3.8, 4) is 0 Å². The van der Waals surface area contributed by atoms with Crippen molar-refractivity contribution in [3.63, 3.8) is 0 Å². The summed E-state index contributed by atoms with van der Waals surface area (Å²) in [6.45, 7) is 0.819. The van der Waals surface area contributed by atoms with Gasteiger partial charge in [0, 0.05) is 13.0 Å². The Bertz CT molecular complexity index is 177. The molecule has 0 radical (unpaired) electrons. The summed E-state index contributed by atoms with van der Waals surface area (Å²) in [6, 6.07) is 0. The van der Waals surface area contributed by atoms with E-state index < -0.39 is 6.09 Å². The quantitative estimate of drug-likeness (QED) is 0.567. The Morgan fingerprint density at radius 2 is 2.45 bits per heavy atom. The molecule has 0 fully saturated rings. The summed E-state index contributed by atoms with van der Waals surface area (Å²) in [6.07, 6.45) is 2.65. The Labute approximate surface area is 65.6 Å². The molecule has 0 aromatic carbocycles. The highest BCUT2D eigenvalue weighted by Crippen LogP contribution is 2.03. The molecule has 1 rings (SSSR count). The van der Waals surface area contributed by atoms with Crippen LogP contribution in [0.5, 0.6) is 0 Å². The fourth-order valence-corrected chi connectivity index (χ4v) is 0.968. The molecular weight excluding hydrogens is 144 g/mol. The van der Waals surface area contributed by atoms with Crippen molar-refractivity contribution >= 4 is 11.9 Å². The number of nitrogens with one attached hydrogen (secondary N) is 1. The zero-order valence-electron chi connectivity index (χ0n) is 6.59. The second-order valence-electron chi connectivity index (χ2n) is 2.40. The number of amides is 1. The van der Waals surface area contributed by atoms with Crippen molar-refractivity contribution in [1.82, 2.24) is 5.32 Å². The standard InChI is InChI=1S/C7H12N2O2/c1-11-7(10)9-6-4-2-3-5-8-6/h2-5H2,1H3,(H,8,9,10). The van der Waals surface area contributed by atoms with Gasteiger partial charge in [0.05, 0.1) is 7.11 Å². The minimum atomic E-state index is -0.425. The number of methoxy groups -OCH3 is 1. The second-order valence-corrected chi connectivity index (χ2v) is 2.40. The number of hydrogen-bond donors (Lipinski definition) is 1. The van der Waals surface area contributed by atoms with E-state index in [1.54, 1.807) is 0 Å². The van der Waals surface area contributed by atoms with E-state index in [9.17, 15) is 4.79 Å². The molecule has 1 heterocycles. The number of amidine groups is 1. The van der Waals surface area contributed by atoms with Crippen LogP contribution >= 0.6 is 0 Å². The molecule has 0 bridgehead atoms. The number of hydrogen-bond acceptors (Lipinski definition) is 3. The first-order valence-corrected chi connectivity index (χ1v) is 3.71. The lowest BCUT2D eigenvalue weighted by Gasteiger charge is -2.11. The zero-order valence-corrected chi connectivity index (χ0v) is 6.59. The van der Waals surface area contributed by atoms with Gasteiger partial charge >= 0.3 is 6.09 Å². The number of carbonyl (C=O) groups excluding carboxylic acids is 1. The predicted octanol–water partition coefficient (Wildman–Crippen LogP) is 0.925. The Morgan fingerprint density at radius 3 is 3.00 bits per heavy atom. The molecule has 0 saturated heterocycles. The highest BCUT2D eigenvalue weighted by molar-refractivity contribution is 5.95. The Balaban J connectivity index is 2.35. The van der Waals surface area contributed by atoms with E-state index in [0.717, 1.165) is 31.6 Å². The van der Waals surface area contributed by atoms with Gasteiger partial charge in [-0.3, -0.25) is 10.3 Å². The van der Waals surface area contributed by atoms with Gasteiger partial charge in [0.2, 0.25) is 0 Å². The Hall–Kier alpha value is -1.06. The van der Waals surface area contributed by atoms with Crippen molar-refractivity contribution in [1.29, 1.82) is 0 Å². The van der Waals surface area contributed by atoms with Gasteiger partial charge in [-0.05, 0) is 12.8 Å². The molecule has 62 valence electrons.